The summed E-state index contributed by atoms with van der Waals surface area (Å²) < 4.78 is 7.74. The summed E-state index contributed by atoms with van der Waals surface area (Å²) in [6.45, 7) is 1.46. The maximum Gasteiger partial charge on any atom is 0.269 e. The first-order valence-electron chi connectivity index (χ1n) is 9.94. The molecular weight excluding hydrogens is 449 g/mol. The summed E-state index contributed by atoms with van der Waals surface area (Å²) in [5, 5.41) is 8.46. The second-order valence-corrected chi connectivity index (χ2v) is 8.02. The van der Waals surface area contributed by atoms with Gasteiger partial charge in [-0.2, -0.15) is 5.10 Å². The number of carbonyl (C=O) groups excluding carboxylic acids is 1. The van der Waals surface area contributed by atoms with Gasteiger partial charge in [-0.15, -0.1) is 0 Å². The van der Waals surface area contributed by atoms with Crippen LogP contribution >= 0.6 is 23.2 Å². The molecule has 0 unspecified atom stereocenters. The average molecular weight is 466 g/mol. The van der Waals surface area contributed by atoms with Crippen LogP contribution in [0.4, 0.5) is 0 Å². The number of amides is 1. The van der Waals surface area contributed by atoms with Crippen LogP contribution in [0, 0.1) is 0 Å². The molecule has 1 aliphatic heterocycles. The smallest absolute Gasteiger partial charge is 0.269 e. The van der Waals surface area contributed by atoms with Crippen LogP contribution in [0.25, 0.3) is 22.8 Å². The molecule has 1 aliphatic rings. The van der Waals surface area contributed by atoms with Gasteiger partial charge in [-0.25, -0.2) is 9.97 Å². The van der Waals surface area contributed by atoms with E-state index in [0.717, 1.165) is 11.1 Å². The van der Waals surface area contributed by atoms with E-state index in [1.54, 1.807) is 35.1 Å². The van der Waals surface area contributed by atoms with Crippen LogP contribution in [0.3, 0.4) is 0 Å². The Hall–Kier alpha value is -3.42. The van der Waals surface area contributed by atoms with Crippen LogP contribution in [0.1, 0.15) is 16.1 Å². The lowest BCUT2D eigenvalue weighted by Crippen LogP contribution is -2.35. The monoisotopic (exact) mass is 465 g/mol. The normalized spacial score (nSPS) is 12.9. The van der Waals surface area contributed by atoms with Crippen LogP contribution in [-0.2, 0) is 13.2 Å². The highest BCUT2D eigenvalue weighted by molar-refractivity contribution is 6.35. The Bertz CT molecular complexity index is 1320. The molecule has 2 aromatic heterocycles. The van der Waals surface area contributed by atoms with E-state index >= 15 is 0 Å². The van der Waals surface area contributed by atoms with Crippen molar-refractivity contribution in [3.63, 3.8) is 0 Å². The van der Waals surface area contributed by atoms with Gasteiger partial charge in [0.25, 0.3) is 5.91 Å². The van der Waals surface area contributed by atoms with Crippen LogP contribution < -0.4 is 10.1 Å². The number of rotatable bonds is 5. The third-order valence-electron chi connectivity index (χ3n) is 5.07. The number of aromatic nitrogens is 4. The van der Waals surface area contributed by atoms with E-state index in [2.05, 4.69) is 20.4 Å². The van der Waals surface area contributed by atoms with Crippen LogP contribution in [-0.4, -0.2) is 32.2 Å². The van der Waals surface area contributed by atoms with Crippen molar-refractivity contribution in [1.82, 2.24) is 25.1 Å². The van der Waals surface area contributed by atoms with Crippen LogP contribution in [0.5, 0.6) is 5.75 Å². The molecule has 0 saturated heterocycles. The third kappa shape index (κ3) is 4.04. The van der Waals surface area contributed by atoms with Crippen molar-refractivity contribution in [3.8, 4) is 28.5 Å². The molecule has 1 N–H and O–H groups in total. The van der Waals surface area contributed by atoms with Gasteiger partial charge in [0.15, 0.2) is 5.82 Å². The van der Waals surface area contributed by atoms with Crippen LogP contribution in [0.15, 0.2) is 60.8 Å². The Morgan fingerprint density at radius 1 is 1.06 bits per heavy atom. The minimum Gasteiger partial charge on any atom is -0.488 e. The van der Waals surface area contributed by atoms with Gasteiger partial charge in [-0.1, -0.05) is 41.4 Å². The van der Waals surface area contributed by atoms with Gasteiger partial charge in [0.2, 0.25) is 0 Å². The summed E-state index contributed by atoms with van der Waals surface area (Å²) in [7, 11) is 0. The second kappa shape index (κ2) is 8.61. The number of hydrogen-bond donors (Lipinski definition) is 1. The lowest BCUT2D eigenvalue weighted by atomic mass is 10.1. The summed E-state index contributed by atoms with van der Waals surface area (Å²) in [5.41, 5.74) is 3.32. The summed E-state index contributed by atoms with van der Waals surface area (Å²) in [5.74, 6) is 0.985. The van der Waals surface area contributed by atoms with Gasteiger partial charge in [0.05, 0.1) is 17.8 Å². The van der Waals surface area contributed by atoms with E-state index < -0.39 is 0 Å². The van der Waals surface area contributed by atoms with Crippen molar-refractivity contribution in [1.29, 1.82) is 0 Å². The Morgan fingerprint density at radius 3 is 2.78 bits per heavy atom. The number of ether oxygens (including phenoxy) is 1. The molecule has 7 nitrogen and oxygen atoms in total. The highest BCUT2D eigenvalue weighted by Gasteiger charge is 2.21. The van der Waals surface area contributed by atoms with Crippen molar-refractivity contribution in [2.45, 2.75) is 13.2 Å². The zero-order chi connectivity index (χ0) is 22.1. The van der Waals surface area contributed by atoms with Crippen molar-refractivity contribution < 1.29 is 9.53 Å². The number of fused-ring (bicyclic) bond motifs is 1. The molecule has 2 aromatic carbocycles. The maximum atomic E-state index is 12.1. The van der Waals surface area contributed by atoms with E-state index in [1.807, 2.05) is 30.3 Å². The zero-order valence-electron chi connectivity index (χ0n) is 16.8. The number of carbonyl (C=O) groups is 1. The fraction of sp³-hybridized carbons (Fsp3) is 0.130. The number of hydrogen-bond acceptors (Lipinski definition) is 5. The molecular formula is C23H17Cl2N5O2. The number of halogens is 2. The maximum absolute atomic E-state index is 12.1. The number of nitrogens with one attached hydrogen (secondary N) is 1. The summed E-state index contributed by atoms with van der Waals surface area (Å²) in [6, 6.07) is 16.3. The topological polar surface area (TPSA) is 81.9 Å². The van der Waals surface area contributed by atoms with E-state index in [-0.39, 0.29) is 12.5 Å². The molecule has 1 amide bonds. The molecule has 0 saturated carbocycles. The van der Waals surface area contributed by atoms with E-state index in [0.29, 0.717) is 51.8 Å². The van der Waals surface area contributed by atoms with Crippen molar-refractivity contribution in [3.05, 3.63) is 82.1 Å². The minimum atomic E-state index is -0.135. The quantitative estimate of drug-likeness (QED) is 0.464. The van der Waals surface area contributed by atoms with Gasteiger partial charge >= 0.3 is 0 Å². The molecule has 0 fully saturated rings. The minimum absolute atomic E-state index is 0.135. The molecule has 0 bridgehead atoms. The first-order chi connectivity index (χ1) is 15.6. The fourth-order valence-electron chi connectivity index (χ4n) is 3.46. The molecule has 0 spiro atoms. The molecule has 160 valence electrons. The predicted octanol–water partition coefficient (Wildman–Crippen LogP) is 4.64. The molecule has 32 heavy (non-hydrogen) atoms. The number of benzene rings is 2. The number of para-hydroxylation sites is 1. The lowest BCUT2D eigenvalue weighted by molar-refractivity contribution is 0.0924. The van der Waals surface area contributed by atoms with Crippen molar-refractivity contribution >= 4 is 29.1 Å². The third-order valence-corrected chi connectivity index (χ3v) is 5.65. The molecule has 4 aromatic rings. The summed E-state index contributed by atoms with van der Waals surface area (Å²) in [6.07, 6.45) is 1.67. The molecule has 5 rings (SSSR count). The van der Waals surface area contributed by atoms with Gasteiger partial charge in [-0.3, -0.25) is 9.48 Å². The Kier molecular flexibility index (Phi) is 5.51. The Balaban J connectivity index is 1.44. The summed E-state index contributed by atoms with van der Waals surface area (Å²) in [4.78, 5) is 21.2. The van der Waals surface area contributed by atoms with E-state index in [4.69, 9.17) is 27.9 Å². The van der Waals surface area contributed by atoms with E-state index in [1.165, 1.54) is 0 Å². The average Bonchev–Trinajstić information content (AvgIpc) is 3.25. The fourth-order valence-corrected chi connectivity index (χ4v) is 3.93. The zero-order valence-corrected chi connectivity index (χ0v) is 18.3. The standard InChI is InChI=1S/C23H17Cl2N5O2/c24-15-6-5-14(17(25)11-15)13-32-21-4-2-1-3-16(21)22-26-8-7-18(28-22)19-12-20-23(31)27-9-10-30(20)29-19/h1-8,11-12H,9-10,13H2,(H,27,31). The first kappa shape index (κ1) is 20.5. The van der Waals surface area contributed by atoms with E-state index in [9.17, 15) is 4.79 Å². The first-order valence-corrected chi connectivity index (χ1v) is 10.7. The SMILES string of the molecule is O=C1NCCn2nc(-c3ccnc(-c4ccccc4OCc4ccc(Cl)cc4Cl)n3)cc21. The van der Waals surface area contributed by atoms with Crippen molar-refractivity contribution in [2.75, 3.05) is 6.54 Å². The van der Waals surface area contributed by atoms with Gasteiger partial charge in [0.1, 0.15) is 23.7 Å². The number of nitrogens with zero attached hydrogens (tertiary/aromatic N) is 4. The Morgan fingerprint density at radius 2 is 1.94 bits per heavy atom. The highest BCUT2D eigenvalue weighted by atomic mass is 35.5. The molecule has 0 aliphatic carbocycles. The van der Waals surface area contributed by atoms with Gasteiger partial charge in [0, 0.05) is 28.4 Å². The largest absolute Gasteiger partial charge is 0.488 e. The van der Waals surface area contributed by atoms with Gasteiger partial charge in [-0.05, 0) is 36.4 Å². The predicted molar refractivity (Wildman–Crippen MR) is 122 cm³/mol. The second-order valence-electron chi connectivity index (χ2n) is 7.18. The summed E-state index contributed by atoms with van der Waals surface area (Å²) >= 11 is 12.2. The molecule has 9 heteroatoms. The molecule has 3 heterocycles. The Labute approximate surface area is 194 Å². The van der Waals surface area contributed by atoms with Crippen LogP contribution in [0.2, 0.25) is 10.0 Å². The molecule has 0 radical (unpaired) electrons. The van der Waals surface area contributed by atoms with Crippen molar-refractivity contribution in [2.24, 2.45) is 0 Å². The highest BCUT2D eigenvalue weighted by Crippen LogP contribution is 2.30. The molecule has 0 atom stereocenters. The lowest BCUT2D eigenvalue weighted by Gasteiger charge is -2.13. The van der Waals surface area contributed by atoms with Gasteiger partial charge < -0.3 is 10.1 Å².